The average Bonchev–Trinajstić information content (AvgIpc) is 3.25. The van der Waals surface area contributed by atoms with E-state index in [1.807, 2.05) is 50.2 Å². The molecule has 2 amide bonds. The highest BCUT2D eigenvalue weighted by Gasteiger charge is 2.34. The van der Waals surface area contributed by atoms with Gasteiger partial charge in [0.1, 0.15) is 0 Å². The zero-order valence-corrected chi connectivity index (χ0v) is 15.5. The van der Waals surface area contributed by atoms with Crippen LogP contribution in [-0.4, -0.2) is 30.1 Å². The topological polar surface area (TPSA) is 67.9 Å². The highest BCUT2D eigenvalue weighted by molar-refractivity contribution is 5.98. The summed E-state index contributed by atoms with van der Waals surface area (Å²) in [5.41, 5.74) is 3.84. The van der Waals surface area contributed by atoms with Crippen molar-refractivity contribution in [1.82, 2.24) is 4.90 Å². The second-order valence-corrected chi connectivity index (χ2v) is 7.12. The van der Waals surface area contributed by atoms with Gasteiger partial charge in [0.05, 0.1) is 5.92 Å². The van der Waals surface area contributed by atoms with Crippen LogP contribution < -0.4 is 14.8 Å². The molecule has 1 unspecified atom stereocenters. The fourth-order valence-corrected chi connectivity index (χ4v) is 3.60. The first kappa shape index (κ1) is 17.4. The number of fused-ring (bicyclic) bond motifs is 1. The van der Waals surface area contributed by atoms with Crippen molar-refractivity contribution in [2.24, 2.45) is 5.92 Å². The van der Waals surface area contributed by atoms with Crippen molar-refractivity contribution in [1.29, 1.82) is 0 Å². The van der Waals surface area contributed by atoms with Gasteiger partial charge < -0.3 is 19.7 Å². The maximum absolute atomic E-state index is 12.7. The Hall–Kier alpha value is -3.02. The Morgan fingerprint density at radius 2 is 1.89 bits per heavy atom. The Bertz CT molecular complexity index is 889. The first-order valence-electron chi connectivity index (χ1n) is 9.04. The number of amides is 2. The molecule has 6 heteroatoms. The molecule has 2 aliphatic heterocycles. The van der Waals surface area contributed by atoms with Crippen LogP contribution in [0.15, 0.2) is 36.4 Å². The van der Waals surface area contributed by atoms with Crippen molar-refractivity contribution in [3.63, 3.8) is 0 Å². The molecule has 0 aromatic heterocycles. The van der Waals surface area contributed by atoms with Crippen molar-refractivity contribution in [3.05, 3.63) is 53.1 Å². The number of anilines is 1. The fourth-order valence-electron chi connectivity index (χ4n) is 3.60. The number of rotatable bonds is 4. The third kappa shape index (κ3) is 3.47. The summed E-state index contributed by atoms with van der Waals surface area (Å²) in [7, 11) is 0. The number of ether oxygens (including phenoxy) is 2. The van der Waals surface area contributed by atoms with E-state index >= 15 is 0 Å². The Morgan fingerprint density at radius 3 is 2.67 bits per heavy atom. The standard InChI is InChI=1S/C21H22N2O4/c1-13-4-3-5-14(2)20(13)22-21(25)16-9-19(24)23(11-16)10-15-6-7-17-18(8-15)27-12-26-17/h3-8,16H,9-12H2,1-2H3,(H,22,25). The molecule has 0 saturated carbocycles. The second kappa shape index (κ2) is 6.95. The van der Waals surface area contributed by atoms with Crippen LogP contribution in [0.1, 0.15) is 23.1 Å². The molecule has 2 aromatic rings. The molecule has 0 spiro atoms. The number of likely N-dealkylation sites (tertiary alicyclic amines) is 1. The molecule has 1 N–H and O–H groups in total. The van der Waals surface area contributed by atoms with E-state index in [9.17, 15) is 9.59 Å². The number of nitrogens with one attached hydrogen (secondary N) is 1. The van der Waals surface area contributed by atoms with Crippen molar-refractivity contribution in [2.75, 3.05) is 18.7 Å². The summed E-state index contributed by atoms with van der Waals surface area (Å²) in [5, 5.41) is 3.01. The molecule has 2 aromatic carbocycles. The fraction of sp³-hybridized carbons (Fsp3) is 0.333. The summed E-state index contributed by atoms with van der Waals surface area (Å²) < 4.78 is 10.7. The van der Waals surface area contributed by atoms with Gasteiger partial charge in [0.25, 0.3) is 0 Å². The number of carbonyl (C=O) groups excluding carboxylic acids is 2. The van der Waals surface area contributed by atoms with Crippen LogP contribution in [0.2, 0.25) is 0 Å². The van der Waals surface area contributed by atoms with Crippen molar-refractivity contribution in [3.8, 4) is 11.5 Å². The lowest BCUT2D eigenvalue weighted by molar-refractivity contribution is -0.128. The molecule has 1 saturated heterocycles. The smallest absolute Gasteiger partial charge is 0.231 e. The Morgan fingerprint density at radius 1 is 1.15 bits per heavy atom. The molecule has 2 aliphatic rings. The van der Waals surface area contributed by atoms with Gasteiger partial charge in [0, 0.05) is 25.2 Å². The summed E-state index contributed by atoms with van der Waals surface area (Å²) in [6.07, 6.45) is 0.237. The van der Waals surface area contributed by atoms with Crippen molar-refractivity contribution in [2.45, 2.75) is 26.8 Å². The van der Waals surface area contributed by atoms with Crippen LogP contribution in [0.3, 0.4) is 0 Å². The lowest BCUT2D eigenvalue weighted by Crippen LogP contribution is -2.28. The van der Waals surface area contributed by atoms with Crippen LogP contribution in [0.5, 0.6) is 11.5 Å². The first-order valence-corrected chi connectivity index (χ1v) is 9.04. The highest BCUT2D eigenvalue weighted by Crippen LogP contribution is 2.33. The number of para-hydroxylation sites is 1. The molecule has 27 heavy (non-hydrogen) atoms. The van der Waals surface area contributed by atoms with E-state index in [1.165, 1.54) is 0 Å². The third-order valence-electron chi connectivity index (χ3n) is 5.13. The molecule has 0 radical (unpaired) electrons. The quantitative estimate of drug-likeness (QED) is 0.903. The van der Waals surface area contributed by atoms with Crippen LogP contribution >= 0.6 is 0 Å². The normalized spacial score (nSPS) is 18.1. The van der Waals surface area contributed by atoms with Gasteiger partial charge in [-0.2, -0.15) is 0 Å². The Balaban J connectivity index is 1.42. The van der Waals surface area contributed by atoms with Crippen LogP contribution in [0.4, 0.5) is 5.69 Å². The van der Waals surface area contributed by atoms with Crippen LogP contribution in [0.25, 0.3) is 0 Å². The zero-order chi connectivity index (χ0) is 19.0. The van der Waals surface area contributed by atoms with Gasteiger partial charge in [0.2, 0.25) is 18.6 Å². The molecule has 4 rings (SSSR count). The summed E-state index contributed by atoms with van der Waals surface area (Å²) in [4.78, 5) is 26.8. The number of hydrogen-bond donors (Lipinski definition) is 1. The molecule has 2 heterocycles. The second-order valence-electron chi connectivity index (χ2n) is 7.12. The summed E-state index contributed by atoms with van der Waals surface area (Å²) in [6, 6.07) is 11.6. The average molecular weight is 366 g/mol. The van der Waals surface area contributed by atoms with E-state index in [1.54, 1.807) is 4.90 Å². The van der Waals surface area contributed by atoms with Gasteiger partial charge >= 0.3 is 0 Å². The lowest BCUT2D eigenvalue weighted by Gasteiger charge is -2.18. The molecule has 1 atom stereocenters. The predicted octanol–water partition coefficient (Wildman–Crippen LogP) is 3.02. The molecule has 0 aliphatic carbocycles. The SMILES string of the molecule is Cc1cccc(C)c1NC(=O)C1CC(=O)N(Cc2ccc3c(c2)OCO3)C1. The van der Waals surface area contributed by atoms with E-state index < -0.39 is 0 Å². The number of carbonyl (C=O) groups is 2. The molecular weight excluding hydrogens is 344 g/mol. The number of nitrogens with zero attached hydrogens (tertiary/aromatic N) is 1. The minimum absolute atomic E-state index is 0.00526. The lowest BCUT2D eigenvalue weighted by atomic mass is 10.1. The maximum atomic E-state index is 12.7. The highest BCUT2D eigenvalue weighted by atomic mass is 16.7. The van der Waals surface area contributed by atoms with E-state index in [2.05, 4.69) is 5.32 Å². The minimum Gasteiger partial charge on any atom is -0.454 e. The Labute approximate surface area is 158 Å². The van der Waals surface area contributed by atoms with Gasteiger partial charge in [-0.25, -0.2) is 0 Å². The van der Waals surface area contributed by atoms with Crippen molar-refractivity contribution < 1.29 is 19.1 Å². The first-order chi connectivity index (χ1) is 13.0. The van der Waals surface area contributed by atoms with Gasteiger partial charge in [0.15, 0.2) is 11.5 Å². The predicted molar refractivity (Wildman–Crippen MR) is 101 cm³/mol. The maximum Gasteiger partial charge on any atom is 0.231 e. The zero-order valence-electron chi connectivity index (χ0n) is 15.5. The van der Waals surface area contributed by atoms with E-state index in [4.69, 9.17) is 9.47 Å². The van der Waals surface area contributed by atoms with E-state index in [-0.39, 0.29) is 30.9 Å². The van der Waals surface area contributed by atoms with Crippen LogP contribution in [0, 0.1) is 19.8 Å². The molecular formula is C21H22N2O4. The van der Waals surface area contributed by atoms with Crippen molar-refractivity contribution >= 4 is 17.5 Å². The monoisotopic (exact) mass is 366 g/mol. The third-order valence-corrected chi connectivity index (χ3v) is 5.13. The van der Waals surface area contributed by atoms with Gasteiger partial charge in [-0.3, -0.25) is 9.59 Å². The summed E-state index contributed by atoms with van der Waals surface area (Å²) in [6.45, 7) is 5.04. The molecule has 1 fully saturated rings. The molecule has 6 nitrogen and oxygen atoms in total. The number of hydrogen-bond acceptors (Lipinski definition) is 4. The molecule has 140 valence electrons. The molecule has 0 bridgehead atoms. The largest absolute Gasteiger partial charge is 0.454 e. The van der Waals surface area contributed by atoms with E-state index in [0.717, 1.165) is 28.1 Å². The number of aryl methyl sites for hydroxylation is 2. The summed E-state index contributed by atoms with van der Waals surface area (Å²) >= 11 is 0. The van der Waals surface area contributed by atoms with E-state index in [0.29, 0.717) is 18.8 Å². The Kier molecular flexibility index (Phi) is 4.48. The summed E-state index contributed by atoms with van der Waals surface area (Å²) in [5.74, 6) is 0.967. The van der Waals surface area contributed by atoms with Gasteiger partial charge in [-0.15, -0.1) is 0 Å². The van der Waals surface area contributed by atoms with Gasteiger partial charge in [-0.1, -0.05) is 24.3 Å². The van der Waals surface area contributed by atoms with Gasteiger partial charge in [-0.05, 0) is 42.7 Å². The minimum atomic E-state index is -0.342. The van der Waals surface area contributed by atoms with Crippen LogP contribution in [-0.2, 0) is 16.1 Å². The number of benzene rings is 2.